The van der Waals surface area contributed by atoms with Crippen molar-refractivity contribution in [2.24, 2.45) is 0 Å². The number of esters is 1. The molecule has 0 saturated carbocycles. The van der Waals surface area contributed by atoms with E-state index in [-0.39, 0.29) is 24.9 Å². The van der Waals surface area contributed by atoms with Crippen LogP contribution in [0, 0.1) is 0 Å². The van der Waals surface area contributed by atoms with E-state index in [1.807, 2.05) is 6.08 Å². The minimum Gasteiger partial charge on any atom is -0.458 e. The van der Waals surface area contributed by atoms with Gasteiger partial charge in [-0.1, -0.05) is 204 Å². The lowest BCUT2D eigenvalue weighted by atomic mass is 10.0. The molecule has 0 aliphatic rings. The molecule has 6 heteroatoms. The second-order valence-corrected chi connectivity index (χ2v) is 15.1. The van der Waals surface area contributed by atoms with Gasteiger partial charge in [-0.25, -0.2) is 0 Å². The lowest BCUT2D eigenvalue weighted by molar-refractivity contribution is -0.148. The number of unbranched alkanes of at least 4 members (excludes halogenated alkanes) is 19. The summed E-state index contributed by atoms with van der Waals surface area (Å²) in [5, 5.41) is 23.5. The van der Waals surface area contributed by atoms with Gasteiger partial charge in [0.1, 0.15) is 6.10 Å². The fourth-order valence-corrected chi connectivity index (χ4v) is 6.45. The number of aliphatic hydroxyl groups excluding tert-OH is 2. The molecule has 3 N–H and O–H groups in total. The van der Waals surface area contributed by atoms with E-state index in [9.17, 15) is 19.8 Å². The largest absolute Gasteiger partial charge is 0.458 e. The number of ether oxygens (including phenoxy) is 1. The number of carbonyl (C=O) groups is 2. The molecule has 0 saturated heterocycles. The molecule has 0 rings (SSSR count). The Labute approximate surface area is 333 Å². The van der Waals surface area contributed by atoms with Crippen molar-refractivity contribution in [1.82, 2.24) is 5.32 Å². The SMILES string of the molecule is CC/C=C/C/C=C/C/C=C/C/C=C/C/C=C/C(CC(=O)NC(CO)C(O)CCCCCCCCCCCC)OC(=O)CCCCCCCCCCCCC. The molecule has 312 valence electrons. The Morgan fingerprint density at radius 1 is 0.556 bits per heavy atom. The van der Waals surface area contributed by atoms with Gasteiger partial charge in [-0.2, -0.15) is 0 Å². The zero-order chi connectivity index (χ0) is 39.6. The van der Waals surface area contributed by atoms with E-state index in [1.54, 1.807) is 6.08 Å². The second-order valence-electron chi connectivity index (χ2n) is 15.1. The number of carbonyl (C=O) groups excluding carboxylic acids is 2. The van der Waals surface area contributed by atoms with E-state index in [1.165, 1.54) is 96.3 Å². The molecule has 0 bridgehead atoms. The van der Waals surface area contributed by atoms with Crippen molar-refractivity contribution >= 4 is 11.9 Å². The van der Waals surface area contributed by atoms with Gasteiger partial charge in [0.15, 0.2) is 0 Å². The highest BCUT2D eigenvalue weighted by Gasteiger charge is 2.23. The van der Waals surface area contributed by atoms with Crippen LogP contribution in [-0.4, -0.2) is 46.9 Å². The average Bonchev–Trinajstić information content (AvgIpc) is 3.16. The van der Waals surface area contributed by atoms with Gasteiger partial charge in [0.05, 0.1) is 25.2 Å². The van der Waals surface area contributed by atoms with Crippen LogP contribution >= 0.6 is 0 Å². The zero-order valence-corrected chi connectivity index (χ0v) is 35.3. The summed E-state index contributed by atoms with van der Waals surface area (Å²) < 4.78 is 5.78. The lowest BCUT2D eigenvalue weighted by Crippen LogP contribution is -2.46. The Balaban J connectivity index is 4.79. The summed E-state index contributed by atoms with van der Waals surface area (Å²) in [5.74, 6) is -0.631. The van der Waals surface area contributed by atoms with Crippen LogP contribution in [0.2, 0.25) is 0 Å². The van der Waals surface area contributed by atoms with Gasteiger partial charge in [0.2, 0.25) is 5.91 Å². The Bertz CT molecular complexity index is 984. The van der Waals surface area contributed by atoms with Crippen molar-refractivity contribution in [3.8, 4) is 0 Å². The van der Waals surface area contributed by atoms with E-state index in [2.05, 4.69) is 74.7 Å². The second kappa shape index (κ2) is 41.7. The number of nitrogens with one attached hydrogen (secondary N) is 1. The molecule has 0 aliphatic carbocycles. The van der Waals surface area contributed by atoms with Crippen molar-refractivity contribution in [3.63, 3.8) is 0 Å². The van der Waals surface area contributed by atoms with Crippen molar-refractivity contribution in [3.05, 3.63) is 60.8 Å². The smallest absolute Gasteiger partial charge is 0.306 e. The minimum atomic E-state index is -0.816. The topological polar surface area (TPSA) is 95.9 Å². The fourth-order valence-electron chi connectivity index (χ4n) is 6.45. The Hall–Kier alpha value is -2.44. The molecule has 54 heavy (non-hydrogen) atoms. The van der Waals surface area contributed by atoms with Crippen LogP contribution in [-0.2, 0) is 14.3 Å². The van der Waals surface area contributed by atoms with E-state index < -0.39 is 18.2 Å². The molecule has 0 aromatic rings. The molecule has 3 unspecified atom stereocenters. The zero-order valence-electron chi connectivity index (χ0n) is 35.3. The standard InChI is InChI=1S/C48H85NO5/c1-4-7-10-13-16-19-22-23-24-26-27-30-33-36-39-44(54-48(53)41-38-35-32-29-25-20-17-14-11-8-5-2)42-47(52)49-45(43-50)46(51)40-37-34-31-28-21-18-15-12-9-6-3/h7,10,16,19,23-24,27,30,36,39,44-46,50-51H,4-6,8-9,11-15,17-18,20-22,25-26,28-29,31-35,37-38,40-43H2,1-3H3,(H,49,52)/b10-7+,19-16+,24-23+,30-27+,39-36+. The van der Waals surface area contributed by atoms with Crippen molar-refractivity contribution in [1.29, 1.82) is 0 Å². The molecule has 0 aromatic carbocycles. The third-order valence-corrected chi connectivity index (χ3v) is 9.86. The molecule has 0 aromatic heterocycles. The number of hydrogen-bond donors (Lipinski definition) is 3. The molecular weight excluding hydrogens is 671 g/mol. The van der Waals surface area contributed by atoms with Crippen LogP contribution in [0.5, 0.6) is 0 Å². The van der Waals surface area contributed by atoms with Gasteiger partial charge < -0.3 is 20.3 Å². The summed E-state index contributed by atoms with van der Waals surface area (Å²) >= 11 is 0. The summed E-state index contributed by atoms with van der Waals surface area (Å²) in [6, 6.07) is -0.739. The van der Waals surface area contributed by atoms with Gasteiger partial charge in [-0.3, -0.25) is 9.59 Å². The Kier molecular flexibility index (Phi) is 39.8. The molecule has 0 aliphatic heterocycles. The highest BCUT2D eigenvalue weighted by Crippen LogP contribution is 2.15. The van der Waals surface area contributed by atoms with Gasteiger partial charge in [-0.05, 0) is 51.0 Å². The highest BCUT2D eigenvalue weighted by atomic mass is 16.5. The Morgan fingerprint density at radius 3 is 1.41 bits per heavy atom. The number of amides is 1. The summed E-state index contributed by atoms with van der Waals surface area (Å²) in [5.41, 5.74) is 0. The summed E-state index contributed by atoms with van der Waals surface area (Å²) in [6.45, 7) is 6.29. The Morgan fingerprint density at radius 2 is 0.963 bits per heavy atom. The van der Waals surface area contributed by atoms with Gasteiger partial charge in [0, 0.05) is 6.42 Å². The predicted molar refractivity (Wildman–Crippen MR) is 232 cm³/mol. The third kappa shape index (κ3) is 36.5. The van der Waals surface area contributed by atoms with Crippen molar-refractivity contribution in [2.75, 3.05) is 6.61 Å². The minimum absolute atomic E-state index is 0.0455. The monoisotopic (exact) mass is 756 g/mol. The highest BCUT2D eigenvalue weighted by molar-refractivity contribution is 5.78. The molecule has 0 fully saturated rings. The maximum Gasteiger partial charge on any atom is 0.306 e. The molecule has 0 heterocycles. The van der Waals surface area contributed by atoms with Crippen LogP contribution in [0.1, 0.15) is 207 Å². The summed E-state index contributed by atoms with van der Waals surface area (Å²) in [6.07, 6.45) is 50.2. The third-order valence-electron chi connectivity index (χ3n) is 9.86. The van der Waals surface area contributed by atoms with Crippen LogP contribution in [0.15, 0.2) is 60.8 Å². The van der Waals surface area contributed by atoms with E-state index in [0.717, 1.165) is 64.2 Å². The predicted octanol–water partition coefficient (Wildman–Crippen LogP) is 12.9. The maximum atomic E-state index is 13.1. The summed E-state index contributed by atoms with van der Waals surface area (Å²) in [7, 11) is 0. The van der Waals surface area contributed by atoms with Crippen molar-refractivity contribution < 1.29 is 24.5 Å². The van der Waals surface area contributed by atoms with Crippen LogP contribution in [0.3, 0.4) is 0 Å². The van der Waals surface area contributed by atoms with Crippen LogP contribution in [0.25, 0.3) is 0 Å². The molecule has 0 radical (unpaired) electrons. The van der Waals surface area contributed by atoms with Crippen molar-refractivity contribution in [2.45, 2.75) is 225 Å². The van der Waals surface area contributed by atoms with Gasteiger partial charge in [-0.15, -0.1) is 0 Å². The molecule has 0 spiro atoms. The molecule has 6 nitrogen and oxygen atoms in total. The molecule has 1 amide bonds. The van der Waals surface area contributed by atoms with Crippen LogP contribution in [0.4, 0.5) is 0 Å². The first kappa shape index (κ1) is 51.6. The number of allylic oxidation sites excluding steroid dienone is 9. The lowest BCUT2D eigenvalue weighted by Gasteiger charge is -2.23. The van der Waals surface area contributed by atoms with E-state index >= 15 is 0 Å². The quantitative estimate of drug-likeness (QED) is 0.0330. The van der Waals surface area contributed by atoms with Crippen LogP contribution < -0.4 is 5.32 Å². The van der Waals surface area contributed by atoms with E-state index in [0.29, 0.717) is 19.3 Å². The first-order valence-corrected chi connectivity index (χ1v) is 22.5. The molecule has 3 atom stereocenters. The van der Waals surface area contributed by atoms with Gasteiger partial charge >= 0.3 is 5.97 Å². The maximum absolute atomic E-state index is 13.1. The number of hydrogen-bond acceptors (Lipinski definition) is 5. The van der Waals surface area contributed by atoms with Gasteiger partial charge in [0.25, 0.3) is 0 Å². The van der Waals surface area contributed by atoms with E-state index in [4.69, 9.17) is 4.74 Å². The number of aliphatic hydroxyl groups is 2. The summed E-state index contributed by atoms with van der Waals surface area (Å²) in [4.78, 5) is 25.9. The fraction of sp³-hybridized carbons (Fsp3) is 0.750. The first-order valence-electron chi connectivity index (χ1n) is 22.5. The first-order chi connectivity index (χ1) is 26.5. The average molecular weight is 756 g/mol. The number of rotatable bonds is 39. The molecular formula is C48H85NO5. The normalized spacial score (nSPS) is 13.9.